The molecule has 1 aromatic rings. The van der Waals surface area contributed by atoms with Crippen molar-refractivity contribution in [1.29, 1.82) is 0 Å². The summed E-state index contributed by atoms with van der Waals surface area (Å²) < 4.78 is 5.52. The Kier molecular flexibility index (Phi) is 4.09. The number of hydrogen-bond donors (Lipinski definition) is 1. The SMILES string of the molecule is CNc1cnc(C(=O)N2CCCOC(C)C2)cn1. The van der Waals surface area contributed by atoms with Crippen LogP contribution in [0.4, 0.5) is 5.82 Å². The van der Waals surface area contributed by atoms with Crippen LogP contribution in [0.1, 0.15) is 23.8 Å². The fraction of sp³-hybridized carbons (Fsp3) is 0.583. The van der Waals surface area contributed by atoms with Crippen LogP contribution in [0.5, 0.6) is 0 Å². The molecule has 0 aromatic carbocycles. The van der Waals surface area contributed by atoms with Crippen molar-refractivity contribution >= 4 is 11.7 Å². The van der Waals surface area contributed by atoms with Gasteiger partial charge in [-0.15, -0.1) is 0 Å². The predicted molar refractivity (Wildman–Crippen MR) is 67.5 cm³/mol. The summed E-state index contributed by atoms with van der Waals surface area (Å²) in [5.41, 5.74) is 0.378. The maximum absolute atomic E-state index is 12.2. The first-order valence-corrected chi connectivity index (χ1v) is 6.11. The molecule has 6 heteroatoms. The average Bonchev–Trinajstić information content (AvgIpc) is 2.63. The quantitative estimate of drug-likeness (QED) is 0.839. The van der Waals surface area contributed by atoms with Gasteiger partial charge in [-0.25, -0.2) is 9.97 Å². The van der Waals surface area contributed by atoms with Gasteiger partial charge in [0.05, 0.1) is 18.5 Å². The van der Waals surface area contributed by atoms with E-state index in [9.17, 15) is 4.79 Å². The van der Waals surface area contributed by atoms with Gasteiger partial charge in [-0.05, 0) is 13.3 Å². The maximum atomic E-state index is 12.2. The molecular weight excluding hydrogens is 232 g/mol. The van der Waals surface area contributed by atoms with E-state index >= 15 is 0 Å². The molecule has 1 aliphatic heterocycles. The third kappa shape index (κ3) is 2.95. The van der Waals surface area contributed by atoms with Gasteiger partial charge in [0.15, 0.2) is 0 Å². The first kappa shape index (κ1) is 12.8. The lowest BCUT2D eigenvalue weighted by Gasteiger charge is -2.21. The van der Waals surface area contributed by atoms with Gasteiger partial charge in [-0.2, -0.15) is 0 Å². The lowest BCUT2D eigenvalue weighted by Crippen LogP contribution is -2.36. The molecule has 1 fully saturated rings. The molecule has 1 unspecified atom stereocenters. The molecule has 2 heterocycles. The van der Waals surface area contributed by atoms with Crippen LogP contribution in [0.3, 0.4) is 0 Å². The van der Waals surface area contributed by atoms with Crippen LogP contribution in [0.25, 0.3) is 0 Å². The Morgan fingerprint density at radius 2 is 2.33 bits per heavy atom. The van der Waals surface area contributed by atoms with Crippen molar-refractivity contribution in [1.82, 2.24) is 14.9 Å². The highest BCUT2D eigenvalue weighted by atomic mass is 16.5. The van der Waals surface area contributed by atoms with E-state index in [1.54, 1.807) is 18.1 Å². The minimum atomic E-state index is -0.0810. The number of aromatic nitrogens is 2. The highest BCUT2D eigenvalue weighted by molar-refractivity contribution is 5.92. The topological polar surface area (TPSA) is 67.4 Å². The third-order valence-electron chi connectivity index (χ3n) is 2.87. The van der Waals surface area contributed by atoms with Crippen molar-refractivity contribution in [2.75, 3.05) is 32.1 Å². The number of rotatable bonds is 2. The molecule has 1 N–H and O–H groups in total. The van der Waals surface area contributed by atoms with Gasteiger partial charge < -0.3 is 15.0 Å². The van der Waals surface area contributed by atoms with Gasteiger partial charge in [0.25, 0.3) is 5.91 Å². The summed E-state index contributed by atoms with van der Waals surface area (Å²) in [6.07, 6.45) is 3.99. The second-order valence-electron chi connectivity index (χ2n) is 4.32. The number of nitrogens with one attached hydrogen (secondary N) is 1. The van der Waals surface area contributed by atoms with E-state index in [0.29, 0.717) is 31.2 Å². The van der Waals surface area contributed by atoms with E-state index in [1.165, 1.54) is 6.20 Å². The Morgan fingerprint density at radius 1 is 1.50 bits per heavy atom. The molecule has 1 atom stereocenters. The van der Waals surface area contributed by atoms with Gasteiger partial charge in [-0.3, -0.25) is 4.79 Å². The third-order valence-corrected chi connectivity index (χ3v) is 2.87. The van der Waals surface area contributed by atoms with Crippen LogP contribution in [-0.2, 0) is 4.74 Å². The van der Waals surface area contributed by atoms with Crippen molar-refractivity contribution in [3.63, 3.8) is 0 Å². The Hall–Kier alpha value is -1.69. The summed E-state index contributed by atoms with van der Waals surface area (Å²) >= 11 is 0. The minimum absolute atomic E-state index is 0.0704. The van der Waals surface area contributed by atoms with E-state index in [2.05, 4.69) is 15.3 Å². The van der Waals surface area contributed by atoms with Crippen LogP contribution in [-0.4, -0.2) is 53.6 Å². The molecule has 2 rings (SSSR count). The minimum Gasteiger partial charge on any atom is -0.377 e. The van der Waals surface area contributed by atoms with Crippen molar-refractivity contribution in [3.8, 4) is 0 Å². The number of hydrogen-bond acceptors (Lipinski definition) is 5. The molecule has 1 aliphatic rings. The van der Waals surface area contributed by atoms with Crippen molar-refractivity contribution in [3.05, 3.63) is 18.1 Å². The normalized spacial score (nSPS) is 20.3. The van der Waals surface area contributed by atoms with Crippen LogP contribution >= 0.6 is 0 Å². The average molecular weight is 250 g/mol. The van der Waals surface area contributed by atoms with Gasteiger partial charge in [0.1, 0.15) is 11.5 Å². The fourth-order valence-electron chi connectivity index (χ4n) is 1.91. The molecule has 18 heavy (non-hydrogen) atoms. The summed E-state index contributed by atoms with van der Waals surface area (Å²) in [5.74, 6) is 0.571. The smallest absolute Gasteiger partial charge is 0.274 e. The Morgan fingerprint density at radius 3 is 3.00 bits per heavy atom. The lowest BCUT2D eigenvalue weighted by atomic mass is 10.3. The van der Waals surface area contributed by atoms with E-state index in [4.69, 9.17) is 4.74 Å². The Labute approximate surface area is 106 Å². The molecule has 0 radical (unpaired) electrons. The first-order chi connectivity index (χ1) is 8.70. The highest BCUT2D eigenvalue weighted by Crippen LogP contribution is 2.09. The van der Waals surface area contributed by atoms with Crippen molar-refractivity contribution in [2.45, 2.75) is 19.4 Å². The van der Waals surface area contributed by atoms with E-state index < -0.39 is 0 Å². The zero-order chi connectivity index (χ0) is 13.0. The summed E-state index contributed by atoms with van der Waals surface area (Å²) in [4.78, 5) is 22.3. The standard InChI is InChI=1S/C12H18N4O2/c1-9-8-16(4-3-5-18-9)12(17)10-6-15-11(13-2)7-14-10/h6-7,9H,3-5,8H2,1-2H3,(H,13,15). The van der Waals surface area contributed by atoms with Crippen LogP contribution in [0.15, 0.2) is 12.4 Å². The van der Waals surface area contributed by atoms with Crippen LogP contribution in [0, 0.1) is 0 Å². The molecule has 0 aliphatic carbocycles. The second-order valence-corrected chi connectivity index (χ2v) is 4.32. The number of anilines is 1. The molecule has 1 aromatic heterocycles. The molecule has 0 bridgehead atoms. The Bertz CT molecular complexity index is 407. The first-order valence-electron chi connectivity index (χ1n) is 6.11. The predicted octanol–water partition coefficient (Wildman–Crippen LogP) is 0.769. The van der Waals surface area contributed by atoms with Gasteiger partial charge in [0.2, 0.25) is 0 Å². The highest BCUT2D eigenvalue weighted by Gasteiger charge is 2.22. The Balaban J connectivity index is 2.08. The second kappa shape index (κ2) is 5.77. The van der Waals surface area contributed by atoms with Gasteiger partial charge in [0, 0.05) is 26.7 Å². The molecule has 1 amide bonds. The van der Waals surface area contributed by atoms with Crippen LogP contribution in [0.2, 0.25) is 0 Å². The van der Waals surface area contributed by atoms with Gasteiger partial charge >= 0.3 is 0 Å². The van der Waals surface area contributed by atoms with E-state index in [-0.39, 0.29) is 12.0 Å². The summed E-state index contributed by atoms with van der Waals surface area (Å²) in [7, 11) is 1.76. The number of amides is 1. The monoisotopic (exact) mass is 250 g/mol. The number of carbonyl (C=O) groups is 1. The summed E-state index contributed by atoms with van der Waals surface area (Å²) in [6.45, 7) is 3.99. The molecule has 6 nitrogen and oxygen atoms in total. The zero-order valence-corrected chi connectivity index (χ0v) is 10.7. The van der Waals surface area contributed by atoms with Crippen molar-refractivity contribution in [2.24, 2.45) is 0 Å². The van der Waals surface area contributed by atoms with Gasteiger partial charge in [-0.1, -0.05) is 0 Å². The molecule has 0 saturated carbocycles. The number of nitrogens with zero attached hydrogens (tertiary/aromatic N) is 3. The number of ether oxygens (including phenoxy) is 1. The van der Waals surface area contributed by atoms with E-state index in [0.717, 1.165) is 6.42 Å². The maximum Gasteiger partial charge on any atom is 0.274 e. The molecular formula is C12H18N4O2. The zero-order valence-electron chi connectivity index (χ0n) is 10.7. The summed E-state index contributed by atoms with van der Waals surface area (Å²) in [5, 5.41) is 2.87. The summed E-state index contributed by atoms with van der Waals surface area (Å²) in [6, 6.07) is 0. The van der Waals surface area contributed by atoms with Crippen molar-refractivity contribution < 1.29 is 9.53 Å². The number of carbonyl (C=O) groups excluding carboxylic acids is 1. The largest absolute Gasteiger partial charge is 0.377 e. The lowest BCUT2D eigenvalue weighted by molar-refractivity contribution is 0.0559. The molecule has 0 spiro atoms. The molecule has 98 valence electrons. The van der Waals surface area contributed by atoms with Crippen LogP contribution < -0.4 is 5.32 Å². The van der Waals surface area contributed by atoms with E-state index in [1.807, 2.05) is 6.92 Å². The molecule has 1 saturated heterocycles. The fourth-order valence-corrected chi connectivity index (χ4v) is 1.91.